The van der Waals surface area contributed by atoms with Crippen LogP contribution in [0.1, 0.15) is 16.7 Å². The van der Waals surface area contributed by atoms with Gasteiger partial charge in [0.1, 0.15) is 18.1 Å². The summed E-state index contributed by atoms with van der Waals surface area (Å²) in [4.78, 5) is 42.0. The van der Waals surface area contributed by atoms with Crippen LogP contribution in [0.15, 0.2) is 91.1 Å². The zero-order valence-corrected chi connectivity index (χ0v) is 22.7. The largest absolute Gasteiger partial charge is 0.480 e. The Morgan fingerprint density at radius 1 is 0.775 bits per heavy atom. The van der Waals surface area contributed by atoms with Crippen LogP contribution >= 0.6 is 11.8 Å². The van der Waals surface area contributed by atoms with E-state index in [1.165, 1.54) is 11.8 Å². The molecule has 0 bridgehead atoms. The highest BCUT2D eigenvalue weighted by atomic mass is 32.2. The van der Waals surface area contributed by atoms with Crippen molar-refractivity contribution in [2.75, 3.05) is 5.75 Å². The quantitative estimate of drug-likeness (QED) is 0.103. The highest BCUT2D eigenvalue weighted by Gasteiger charge is 2.29. The van der Waals surface area contributed by atoms with Gasteiger partial charge in [-0.25, -0.2) is 10.2 Å². The van der Waals surface area contributed by atoms with E-state index in [9.17, 15) is 19.5 Å². The van der Waals surface area contributed by atoms with Gasteiger partial charge in [0.25, 0.3) is 0 Å². The Hall–Kier alpha value is -4.12. The van der Waals surface area contributed by atoms with E-state index in [0.717, 1.165) is 27.6 Å². The highest BCUT2D eigenvalue weighted by molar-refractivity contribution is 7.98. The maximum atomic E-state index is 13.5. The van der Waals surface area contributed by atoms with Crippen molar-refractivity contribution in [2.24, 2.45) is 5.84 Å². The van der Waals surface area contributed by atoms with Gasteiger partial charge in [0.2, 0.25) is 11.8 Å². The van der Waals surface area contributed by atoms with Crippen molar-refractivity contribution >= 4 is 40.4 Å². The average molecular weight is 560 g/mol. The predicted octanol–water partition coefficient (Wildman–Crippen LogP) is 2.77. The van der Waals surface area contributed by atoms with E-state index in [1.807, 2.05) is 72.8 Å². The Balaban J connectivity index is 1.48. The van der Waals surface area contributed by atoms with Crippen LogP contribution < -0.4 is 21.9 Å². The van der Waals surface area contributed by atoms with Crippen molar-refractivity contribution in [3.63, 3.8) is 0 Å². The number of carbonyl (C=O) groups is 3. The molecule has 4 aromatic rings. The van der Waals surface area contributed by atoms with Gasteiger partial charge in [-0.05, 0) is 22.8 Å². The predicted molar refractivity (Wildman–Crippen MR) is 157 cm³/mol. The van der Waals surface area contributed by atoms with Crippen molar-refractivity contribution < 1.29 is 19.5 Å². The Morgan fingerprint density at radius 3 is 2.05 bits per heavy atom. The van der Waals surface area contributed by atoms with Gasteiger partial charge in [-0.15, -0.1) is 0 Å². The molecule has 3 aromatic carbocycles. The number of hydrogen-bond donors (Lipinski definition) is 6. The summed E-state index contributed by atoms with van der Waals surface area (Å²) >= 11 is 1.54. The lowest BCUT2D eigenvalue weighted by Gasteiger charge is -2.24. The number of carboxylic acids is 1. The SMILES string of the molecule is NN[C@@H](CSCc1ccccc1)C(=O)N[C@@H](Cc1c[nH]c2ccccc12)C(=O)N[C@@H](Cc1ccccc1)C(=O)O. The molecule has 3 atom stereocenters. The zero-order valence-electron chi connectivity index (χ0n) is 21.9. The molecule has 1 heterocycles. The molecule has 0 unspecified atom stereocenters. The Kier molecular flexibility index (Phi) is 10.3. The Morgan fingerprint density at radius 2 is 1.38 bits per heavy atom. The Bertz CT molecular complexity index is 1410. The first-order valence-corrected chi connectivity index (χ1v) is 14.1. The first kappa shape index (κ1) is 28.9. The molecule has 4 rings (SSSR count). The number of benzene rings is 3. The van der Waals surface area contributed by atoms with Crippen LogP contribution in [0.5, 0.6) is 0 Å². The van der Waals surface area contributed by atoms with E-state index >= 15 is 0 Å². The number of rotatable bonds is 14. The maximum Gasteiger partial charge on any atom is 0.326 e. The summed E-state index contributed by atoms with van der Waals surface area (Å²) in [6.07, 6.45) is 2.07. The number of hydrogen-bond acceptors (Lipinski definition) is 6. The minimum Gasteiger partial charge on any atom is -0.480 e. The number of nitrogens with one attached hydrogen (secondary N) is 4. The minimum atomic E-state index is -1.16. The smallest absolute Gasteiger partial charge is 0.326 e. The lowest BCUT2D eigenvalue weighted by Crippen LogP contribution is -2.57. The van der Waals surface area contributed by atoms with Crippen molar-refractivity contribution in [1.82, 2.24) is 21.0 Å². The second kappa shape index (κ2) is 14.3. The van der Waals surface area contributed by atoms with Gasteiger partial charge < -0.3 is 20.7 Å². The van der Waals surface area contributed by atoms with Crippen LogP contribution in [0.2, 0.25) is 0 Å². The molecule has 0 aliphatic rings. The molecule has 2 amide bonds. The number of amides is 2. The van der Waals surface area contributed by atoms with Gasteiger partial charge in [0.05, 0.1) is 0 Å². The molecular formula is C30H33N5O4S. The van der Waals surface area contributed by atoms with Crippen LogP contribution in [0.25, 0.3) is 10.9 Å². The fraction of sp³-hybridized carbons (Fsp3) is 0.233. The number of nitrogens with two attached hydrogens (primary N) is 1. The van der Waals surface area contributed by atoms with E-state index in [-0.39, 0.29) is 12.8 Å². The van der Waals surface area contributed by atoms with E-state index in [4.69, 9.17) is 5.84 Å². The molecule has 7 N–H and O–H groups in total. The van der Waals surface area contributed by atoms with E-state index in [0.29, 0.717) is 11.5 Å². The van der Waals surface area contributed by atoms with Gasteiger partial charge in [-0.1, -0.05) is 78.9 Å². The minimum absolute atomic E-state index is 0.110. The van der Waals surface area contributed by atoms with Crippen LogP contribution in [0.4, 0.5) is 0 Å². The number of carboxylic acid groups (broad SMARTS) is 1. The van der Waals surface area contributed by atoms with Crippen molar-refractivity contribution in [2.45, 2.75) is 36.7 Å². The van der Waals surface area contributed by atoms with Gasteiger partial charge in [-0.2, -0.15) is 11.8 Å². The fourth-order valence-electron chi connectivity index (χ4n) is 4.39. The number of H-pyrrole nitrogens is 1. The molecule has 208 valence electrons. The van der Waals surface area contributed by atoms with E-state index in [1.54, 1.807) is 18.3 Å². The molecule has 0 aliphatic carbocycles. The topological polar surface area (TPSA) is 149 Å². The van der Waals surface area contributed by atoms with Gasteiger partial charge in [0.15, 0.2) is 0 Å². The monoisotopic (exact) mass is 559 g/mol. The molecule has 9 nitrogen and oxygen atoms in total. The third-order valence-corrected chi connectivity index (χ3v) is 7.65. The fourth-order valence-corrected chi connectivity index (χ4v) is 5.42. The second-order valence-electron chi connectivity index (χ2n) is 9.43. The summed E-state index contributed by atoms with van der Waals surface area (Å²) in [7, 11) is 0. The molecule has 0 fully saturated rings. The third-order valence-electron chi connectivity index (χ3n) is 6.54. The van der Waals surface area contributed by atoms with E-state index < -0.39 is 35.9 Å². The lowest BCUT2D eigenvalue weighted by atomic mass is 10.0. The van der Waals surface area contributed by atoms with Gasteiger partial charge >= 0.3 is 5.97 Å². The van der Waals surface area contributed by atoms with Gasteiger partial charge in [0, 0.05) is 41.4 Å². The van der Waals surface area contributed by atoms with Crippen LogP contribution in [0, 0.1) is 0 Å². The highest BCUT2D eigenvalue weighted by Crippen LogP contribution is 2.20. The third kappa shape index (κ3) is 7.95. The number of para-hydroxylation sites is 1. The molecular weight excluding hydrogens is 526 g/mol. The standard InChI is InChI=1S/C30H33N5O4S/c31-35-27(19-40-18-21-11-5-2-6-12-21)29(37)33-25(16-22-17-32-24-14-8-7-13-23(22)24)28(36)34-26(30(38)39)15-20-9-3-1-4-10-20/h1-14,17,25-27,32,35H,15-16,18-19,31H2,(H,33,37)(H,34,36)(H,38,39)/t25-,26-,27-/m0/s1. The van der Waals surface area contributed by atoms with Crippen LogP contribution in [-0.2, 0) is 33.0 Å². The number of aromatic nitrogens is 1. The summed E-state index contributed by atoms with van der Waals surface area (Å²) in [5, 5.41) is 16.2. The average Bonchev–Trinajstić information content (AvgIpc) is 3.38. The molecule has 10 heteroatoms. The molecule has 0 saturated carbocycles. The molecule has 0 radical (unpaired) electrons. The number of fused-ring (bicyclic) bond motifs is 1. The Labute approximate surface area is 236 Å². The van der Waals surface area contributed by atoms with Crippen molar-refractivity contribution in [3.05, 3.63) is 108 Å². The van der Waals surface area contributed by atoms with Gasteiger partial charge in [-0.3, -0.25) is 15.4 Å². The number of thioether (sulfide) groups is 1. The summed E-state index contributed by atoms with van der Waals surface area (Å²) < 4.78 is 0. The summed E-state index contributed by atoms with van der Waals surface area (Å²) in [6.45, 7) is 0. The second-order valence-corrected chi connectivity index (χ2v) is 10.5. The van der Waals surface area contributed by atoms with Crippen molar-refractivity contribution in [1.29, 1.82) is 0 Å². The first-order chi connectivity index (χ1) is 19.4. The zero-order chi connectivity index (χ0) is 28.3. The van der Waals surface area contributed by atoms with E-state index in [2.05, 4.69) is 21.0 Å². The molecule has 40 heavy (non-hydrogen) atoms. The normalized spacial score (nSPS) is 13.3. The lowest BCUT2D eigenvalue weighted by molar-refractivity contribution is -0.142. The maximum absolute atomic E-state index is 13.5. The molecule has 0 aliphatic heterocycles. The molecule has 1 aromatic heterocycles. The number of carbonyl (C=O) groups excluding carboxylic acids is 2. The molecule has 0 saturated heterocycles. The summed E-state index contributed by atoms with van der Waals surface area (Å²) in [5.41, 5.74) is 6.16. The molecule has 0 spiro atoms. The number of hydrazine groups is 1. The number of aliphatic carboxylic acids is 1. The first-order valence-electron chi connectivity index (χ1n) is 12.9. The van der Waals surface area contributed by atoms with Crippen molar-refractivity contribution in [3.8, 4) is 0 Å². The van der Waals surface area contributed by atoms with Crippen LogP contribution in [0.3, 0.4) is 0 Å². The number of aromatic amines is 1. The van der Waals surface area contributed by atoms with Crippen LogP contribution in [-0.4, -0.2) is 51.8 Å². The summed E-state index contributed by atoms with van der Waals surface area (Å²) in [5.74, 6) is 4.60. The summed E-state index contributed by atoms with van der Waals surface area (Å²) in [6, 6.07) is 23.6.